The molecule has 2 aromatic rings. The second kappa shape index (κ2) is 9.42. The molecule has 2 atom stereocenters. The minimum Gasteiger partial charge on any atom is -0.390 e. The maximum absolute atomic E-state index is 14.9. The van der Waals surface area contributed by atoms with E-state index < -0.39 is 26.3 Å². The van der Waals surface area contributed by atoms with Gasteiger partial charge in [-0.15, -0.1) is 11.3 Å². The van der Waals surface area contributed by atoms with Gasteiger partial charge < -0.3 is 10.4 Å². The van der Waals surface area contributed by atoms with Gasteiger partial charge in [-0.05, 0) is 44.7 Å². The maximum atomic E-state index is 14.9. The Hall–Kier alpha value is -1.46. The van der Waals surface area contributed by atoms with Crippen LogP contribution in [0.1, 0.15) is 45.4 Å². The van der Waals surface area contributed by atoms with Crippen LogP contribution in [0.25, 0.3) is 0 Å². The Morgan fingerprint density at radius 2 is 2.00 bits per heavy atom. The summed E-state index contributed by atoms with van der Waals surface area (Å²) in [6, 6.07) is 2.63. The van der Waals surface area contributed by atoms with E-state index in [0.717, 1.165) is 75.1 Å². The van der Waals surface area contributed by atoms with Crippen molar-refractivity contribution in [2.75, 3.05) is 23.1 Å². The molecule has 176 valence electrons. The second-order valence-corrected chi connectivity index (χ2v) is 11.8. The number of halogens is 2. The summed E-state index contributed by atoms with van der Waals surface area (Å²) in [6.45, 7) is 3.51. The van der Waals surface area contributed by atoms with Crippen LogP contribution >= 0.6 is 22.9 Å². The number of nitrogens with zero attached hydrogens (tertiary/aromatic N) is 2. The van der Waals surface area contributed by atoms with Gasteiger partial charge in [0, 0.05) is 36.8 Å². The van der Waals surface area contributed by atoms with Crippen molar-refractivity contribution in [2.45, 2.75) is 68.0 Å². The van der Waals surface area contributed by atoms with Crippen LogP contribution in [0.15, 0.2) is 28.6 Å². The molecule has 7 nitrogen and oxygen atoms in total. The van der Waals surface area contributed by atoms with E-state index in [0.29, 0.717) is 5.69 Å². The molecule has 4 rings (SSSR count). The summed E-state index contributed by atoms with van der Waals surface area (Å²) in [4.78, 5) is 5.76. The Morgan fingerprint density at radius 3 is 2.69 bits per heavy atom. The van der Waals surface area contributed by atoms with Crippen LogP contribution in [0.5, 0.6) is 0 Å². The number of piperidine rings is 1. The van der Waals surface area contributed by atoms with E-state index in [1.807, 2.05) is 6.92 Å². The van der Waals surface area contributed by atoms with Gasteiger partial charge in [-0.3, -0.25) is 9.62 Å². The number of aliphatic hydroxyl groups is 1. The van der Waals surface area contributed by atoms with Gasteiger partial charge in [0.05, 0.1) is 16.3 Å². The van der Waals surface area contributed by atoms with E-state index in [9.17, 15) is 17.9 Å². The van der Waals surface area contributed by atoms with Crippen molar-refractivity contribution in [1.82, 2.24) is 9.88 Å². The van der Waals surface area contributed by atoms with Crippen molar-refractivity contribution in [3.63, 3.8) is 0 Å². The Kier molecular flexibility index (Phi) is 6.97. The fourth-order valence-electron chi connectivity index (χ4n) is 4.54. The van der Waals surface area contributed by atoms with Crippen molar-refractivity contribution >= 4 is 43.8 Å². The van der Waals surface area contributed by atoms with Gasteiger partial charge >= 0.3 is 0 Å². The summed E-state index contributed by atoms with van der Waals surface area (Å²) in [5.41, 5.74) is -0.229. The molecule has 2 heterocycles. The lowest BCUT2D eigenvalue weighted by Crippen LogP contribution is -2.53. The number of anilines is 2. The van der Waals surface area contributed by atoms with E-state index in [4.69, 9.17) is 11.6 Å². The molecule has 1 saturated carbocycles. The first-order valence-corrected chi connectivity index (χ1v) is 13.5. The molecule has 1 aliphatic carbocycles. The van der Waals surface area contributed by atoms with Crippen LogP contribution in [0.3, 0.4) is 0 Å². The largest absolute Gasteiger partial charge is 0.390 e. The van der Waals surface area contributed by atoms with Crippen LogP contribution in [-0.4, -0.2) is 54.2 Å². The van der Waals surface area contributed by atoms with Crippen molar-refractivity contribution in [3.05, 3.63) is 34.5 Å². The molecule has 1 aromatic carbocycles. The molecule has 0 radical (unpaired) electrons. The van der Waals surface area contributed by atoms with Gasteiger partial charge in [0.15, 0.2) is 5.13 Å². The zero-order valence-corrected chi connectivity index (χ0v) is 20.2. The molecule has 3 N–H and O–H groups in total. The Bertz CT molecular complexity index is 1040. The second-order valence-electron chi connectivity index (χ2n) is 8.84. The fraction of sp³-hybridized carbons (Fsp3) is 0.571. The van der Waals surface area contributed by atoms with Crippen LogP contribution in [-0.2, 0) is 10.0 Å². The summed E-state index contributed by atoms with van der Waals surface area (Å²) < 4.78 is 42.3. The smallest absolute Gasteiger partial charge is 0.266 e. The molecule has 0 unspecified atom stereocenters. The van der Waals surface area contributed by atoms with E-state index in [1.165, 1.54) is 6.20 Å². The van der Waals surface area contributed by atoms with Crippen molar-refractivity contribution in [2.24, 2.45) is 0 Å². The number of rotatable bonds is 6. The summed E-state index contributed by atoms with van der Waals surface area (Å²) >= 11 is 7.50. The third-order valence-electron chi connectivity index (χ3n) is 6.38. The first kappa shape index (κ1) is 23.7. The lowest BCUT2D eigenvalue weighted by Gasteiger charge is -2.45. The number of sulfonamides is 1. The highest BCUT2D eigenvalue weighted by atomic mass is 35.5. The third kappa shape index (κ3) is 5.36. The minimum atomic E-state index is -4.15. The summed E-state index contributed by atoms with van der Waals surface area (Å²) in [6.07, 6.45) is 7.03. The van der Waals surface area contributed by atoms with Gasteiger partial charge in [-0.25, -0.2) is 17.8 Å². The zero-order chi connectivity index (χ0) is 22.9. The standard InChI is InChI=1S/C21H28ClFN4O3S2/c1-21(28)6-9-27(10-7-21)18-5-3-2-4-16(18)25-17-13-15(23)19(12-14(17)22)32(29,30)26-20-24-8-11-31-20/h8,11-13,16,18,25,28H,2-7,9-10H2,1H3,(H,24,26)/t16-,18-/m0/s1. The lowest BCUT2D eigenvalue weighted by molar-refractivity contribution is -0.0224. The first-order valence-electron chi connectivity index (χ1n) is 10.8. The topological polar surface area (TPSA) is 94.6 Å². The van der Waals surface area contributed by atoms with Crippen LogP contribution in [0, 0.1) is 5.82 Å². The summed E-state index contributed by atoms with van der Waals surface area (Å²) in [5.74, 6) is -0.873. The Balaban J connectivity index is 1.51. The number of likely N-dealkylation sites (tertiary alicyclic amines) is 1. The van der Waals surface area contributed by atoms with Crippen LogP contribution in [0.2, 0.25) is 5.02 Å². The van der Waals surface area contributed by atoms with Crippen molar-refractivity contribution in [3.8, 4) is 0 Å². The van der Waals surface area contributed by atoms with Crippen LogP contribution < -0.4 is 10.0 Å². The molecule has 0 bridgehead atoms. The average Bonchev–Trinajstić information content (AvgIpc) is 3.23. The molecule has 2 fully saturated rings. The quantitative estimate of drug-likeness (QED) is 0.545. The number of thiazole rings is 1. The molecule has 2 aliphatic rings. The lowest BCUT2D eigenvalue weighted by atomic mass is 9.85. The minimum absolute atomic E-state index is 0.0691. The van der Waals surface area contributed by atoms with Crippen LogP contribution in [0.4, 0.5) is 15.2 Å². The van der Waals surface area contributed by atoms with Crippen molar-refractivity contribution < 1.29 is 17.9 Å². The average molecular weight is 503 g/mol. The van der Waals surface area contributed by atoms with Gasteiger partial charge in [-0.2, -0.15) is 0 Å². The normalized spacial score (nSPS) is 24.2. The molecule has 32 heavy (non-hydrogen) atoms. The van der Waals surface area contributed by atoms with E-state index in [2.05, 4.69) is 19.9 Å². The number of hydrogen-bond donors (Lipinski definition) is 3. The summed E-state index contributed by atoms with van der Waals surface area (Å²) in [7, 11) is -4.15. The highest BCUT2D eigenvalue weighted by molar-refractivity contribution is 7.93. The Morgan fingerprint density at radius 1 is 1.28 bits per heavy atom. The monoisotopic (exact) mass is 502 g/mol. The molecule has 11 heteroatoms. The Labute approximate surface area is 197 Å². The molecular weight excluding hydrogens is 475 g/mol. The zero-order valence-electron chi connectivity index (χ0n) is 17.9. The number of aromatic nitrogens is 1. The molecule has 1 aliphatic heterocycles. The first-order chi connectivity index (χ1) is 15.1. The molecule has 0 spiro atoms. The fourth-order valence-corrected chi connectivity index (χ4v) is 6.70. The van der Waals surface area contributed by atoms with E-state index in [-0.39, 0.29) is 22.2 Å². The highest BCUT2D eigenvalue weighted by Crippen LogP contribution is 2.34. The van der Waals surface area contributed by atoms with E-state index in [1.54, 1.807) is 5.38 Å². The van der Waals surface area contributed by atoms with Gasteiger partial charge in [0.25, 0.3) is 10.0 Å². The number of nitrogens with one attached hydrogen (secondary N) is 2. The predicted molar refractivity (Wildman–Crippen MR) is 125 cm³/mol. The van der Waals surface area contributed by atoms with E-state index >= 15 is 0 Å². The molecular formula is C21H28ClFN4O3S2. The molecule has 0 amide bonds. The highest BCUT2D eigenvalue weighted by Gasteiger charge is 2.36. The number of benzene rings is 1. The van der Waals surface area contributed by atoms with Crippen molar-refractivity contribution in [1.29, 1.82) is 0 Å². The van der Waals surface area contributed by atoms with Gasteiger partial charge in [-0.1, -0.05) is 24.4 Å². The maximum Gasteiger partial charge on any atom is 0.266 e. The summed E-state index contributed by atoms with van der Waals surface area (Å²) in [5, 5.41) is 15.6. The number of hydrogen-bond acceptors (Lipinski definition) is 7. The third-order valence-corrected chi connectivity index (χ3v) is 8.86. The van der Waals surface area contributed by atoms with Gasteiger partial charge in [0.2, 0.25) is 0 Å². The van der Waals surface area contributed by atoms with Gasteiger partial charge in [0.1, 0.15) is 10.7 Å². The molecule has 1 aromatic heterocycles. The predicted octanol–water partition coefficient (Wildman–Crippen LogP) is 4.31. The molecule has 1 saturated heterocycles. The SMILES string of the molecule is CC1(O)CCN([C@H]2CCCC[C@@H]2Nc2cc(F)c(S(=O)(=O)Nc3nccs3)cc2Cl)CC1.